The molecular weight excluding hydrogens is 378 g/mol. The van der Waals surface area contributed by atoms with Crippen LogP contribution in [-0.4, -0.2) is 5.11 Å². The summed E-state index contributed by atoms with van der Waals surface area (Å²) in [5, 5.41) is 10.6. The van der Waals surface area contributed by atoms with Crippen LogP contribution in [0.2, 0.25) is 5.02 Å². The number of rotatable bonds is 3. The van der Waals surface area contributed by atoms with Crippen molar-refractivity contribution in [2.45, 2.75) is 18.9 Å². The largest absolute Gasteiger partial charge is 0.385 e. The van der Waals surface area contributed by atoms with Crippen LogP contribution in [0.5, 0.6) is 0 Å². The molecule has 0 radical (unpaired) electrons. The molecule has 1 nitrogen and oxygen atoms in total. The molecule has 0 aliphatic rings. The van der Waals surface area contributed by atoms with Crippen molar-refractivity contribution in [3.63, 3.8) is 0 Å². The quantitative estimate of drug-likeness (QED) is 0.763. The molecule has 0 aliphatic heterocycles. The van der Waals surface area contributed by atoms with Gasteiger partial charge in [-0.3, -0.25) is 0 Å². The zero-order chi connectivity index (χ0) is 14.0. The van der Waals surface area contributed by atoms with Crippen LogP contribution in [0.1, 0.15) is 18.1 Å². The second kappa shape index (κ2) is 5.77. The third kappa shape index (κ3) is 3.46. The predicted molar refractivity (Wildman–Crippen MR) is 83.8 cm³/mol. The van der Waals surface area contributed by atoms with Crippen LogP contribution >= 0.6 is 34.2 Å². The lowest BCUT2D eigenvalue weighted by Gasteiger charge is -2.24. The lowest BCUT2D eigenvalue weighted by Crippen LogP contribution is -2.24. The molecule has 1 N–H and O–H groups in total. The number of aliphatic hydroxyl groups is 1. The molecular formula is C15H13ClFIO. The van der Waals surface area contributed by atoms with E-state index in [1.165, 1.54) is 6.07 Å². The van der Waals surface area contributed by atoms with Crippen LogP contribution in [-0.2, 0) is 12.0 Å². The van der Waals surface area contributed by atoms with Gasteiger partial charge < -0.3 is 5.11 Å². The number of benzene rings is 2. The maximum Gasteiger partial charge on any atom is 0.145 e. The van der Waals surface area contributed by atoms with Crippen LogP contribution in [0.3, 0.4) is 0 Å². The maximum atomic E-state index is 13.9. The highest BCUT2D eigenvalue weighted by Crippen LogP contribution is 2.28. The van der Waals surface area contributed by atoms with Crippen molar-refractivity contribution in [3.8, 4) is 0 Å². The Bertz CT molecular complexity index is 581. The summed E-state index contributed by atoms with van der Waals surface area (Å²) in [6.45, 7) is 1.68. The normalized spacial score (nSPS) is 14.2. The van der Waals surface area contributed by atoms with Crippen molar-refractivity contribution < 1.29 is 9.50 Å². The average molecular weight is 391 g/mol. The fraction of sp³-hybridized carbons (Fsp3) is 0.200. The minimum Gasteiger partial charge on any atom is -0.385 e. The third-order valence-corrected chi connectivity index (χ3v) is 4.04. The van der Waals surface area contributed by atoms with Gasteiger partial charge in [0.1, 0.15) is 5.82 Å². The Labute approximate surface area is 130 Å². The summed E-state index contributed by atoms with van der Waals surface area (Å²) in [5.41, 5.74) is 0.0407. The highest BCUT2D eigenvalue weighted by Gasteiger charge is 2.25. The number of hydrogen-bond acceptors (Lipinski definition) is 1. The highest BCUT2D eigenvalue weighted by molar-refractivity contribution is 14.1. The van der Waals surface area contributed by atoms with Crippen LogP contribution in [0.4, 0.5) is 4.39 Å². The summed E-state index contributed by atoms with van der Waals surface area (Å²) < 4.78 is 15.0. The second-order valence-electron chi connectivity index (χ2n) is 4.67. The second-order valence-corrected chi connectivity index (χ2v) is 6.32. The van der Waals surface area contributed by atoms with Crippen molar-refractivity contribution in [1.29, 1.82) is 0 Å². The van der Waals surface area contributed by atoms with Crippen LogP contribution in [0.15, 0.2) is 42.5 Å². The first-order valence-corrected chi connectivity index (χ1v) is 7.27. The van der Waals surface area contributed by atoms with E-state index in [4.69, 9.17) is 11.6 Å². The van der Waals surface area contributed by atoms with Gasteiger partial charge in [-0.2, -0.15) is 0 Å². The van der Waals surface area contributed by atoms with E-state index < -0.39 is 11.4 Å². The van der Waals surface area contributed by atoms with E-state index in [9.17, 15) is 9.50 Å². The molecule has 1 unspecified atom stereocenters. The van der Waals surface area contributed by atoms with E-state index in [-0.39, 0.29) is 11.4 Å². The van der Waals surface area contributed by atoms with Crippen molar-refractivity contribution in [2.75, 3.05) is 0 Å². The van der Waals surface area contributed by atoms with E-state index in [0.717, 1.165) is 9.13 Å². The Morgan fingerprint density at radius 3 is 2.47 bits per heavy atom. The van der Waals surface area contributed by atoms with Gasteiger partial charge in [-0.25, -0.2) is 4.39 Å². The minimum atomic E-state index is -1.13. The molecule has 0 heterocycles. The van der Waals surface area contributed by atoms with E-state index in [1.807, 2.05) is 24.3 Å². The Hall–Kier alpha value is -0.650. The molecule has 0 bridgehead atoms. The molecule has 1 atom stereocenters. The summed E-state index contributed by atoms with van der Waals surface area (Å²) in [6.07, 6.45) is 0.181. The lowest BCUT2D eigenvalue weighted by molar-refractivity contribution is 0.0567. The fourth-order valence-corrected chi connectivity index (χ4v) is 2.52. The lowest BCUT2D eigenvalue weighted by atomic mass is 9.89. The van der Waals surface area contributed by atoms with Gasteiger partial charge in [0.25, 0.3) is 0 Å². The van der Waals surface area contributed by atoms with E-state index in [2.05, 4.69) is 22.6 Å². The third-order valence-electron chi connectivity index (χ3n) is 3.03. The summed E-state index contributed by atoms with van der Waals surface area (Å²) in [7, 11) is 0. The fourth-order valence-electron chi connectivity index (χ4n) is 1.97. The van der Waals surface area contributed by atoms with E-state index >= 15 is 0 Å². The van der Waals surface area contributed by atoms with Gasteiger partial charge in [0.2, 0.25) is 0 Å². The van der Waals surface area contributed by atoms with Gasteiger partial charge in [-0.15, -0.1) is 0 Å². The maximum absolute atomic E-state index is 13.9. The molecule has 4 heteroatoms. The smallest absolute Gasteiger partial charge is 0.145 e. The SMILES string of the molecule is CC(O)(Cc1cccc(Cl)c1F)c1ccc(I)cc1. The van der Waals surface area contributed by atoms with Crippen molar-refractivity contribution in [3.05, 3.63) is 68.0 Å². The molecule has 0 saturated heterocycles. The van der Waals surface area contributed by atoms with Gasteiger partial charge in [0, 0.05) is 9.99 Å². The van der Waals surface area contributed by atoms with E-state index in [1.54, 1.807) is 19.1 Å². The van der Waals surface area contributed by atoms with Crippen molar-refractivity contribution in [1.82, 2.24) is 0 Å². The Morgan fingerprint density at radius 2 is 1.84 bits per heavy atom. The zero-order valence-corrected chi connectivity index (χ0v) is 13.2. The molecule has 0 fully saturated rings. The van der Waals surface area contributed by atoms with Crippen LogP contribution < -0.4 is 0 Å². The topological polar surface area (TPSA) is 20.2 Å². The summed E-state index contributed by atoms with van der Waals surface area (Å²) in [4.78, 5) is 0. The Kier molecular flexibility index (Phi) is 4.48. The minimum absolute atomic E-state index is 0.0795. The zero-order valence-electron chi connectivity index (χ0n) is 10.3. The summed E-state index contributed by atoms with van der Waals surface area (Å²) >= 11 is 7.95. The van der Waals surface area contributed by atoms with Gasteiger partial charge in [0.15, 0.2) is 0 Å². The first-order valence-electron chi connectivity index (χ1n) is 5.81. The van der Waals surface area contributed by atoms with Gasteiger partial charge in [0.05, 0.1) is 10.6 Å². The van der Waals surface area contributed by atoms with Gasteiger partial charge in [-0.1, -0.05) is 35.9 Å². The molecule has 0 saturated carbocycles. The Morgan fingerprint density at radius 1 is 1.21 bits per heavy atom. The number of halogens is 3. The van der Waals surface area contributed by atoms with Gasteiger partial charge >= 0.3 is 0 Å². The van der Waals surface area contributed by atoms with Crippen LogP contribution in [0, 0.1) is 9.39 Å². The molecule has 0 aliphatic carbocycles. The molecule has 0 spiro atoms. The molecule has 100 valence electrons. The first-order chi connectivity index (χ1) is 8.90. The van der Waals surface area contributed by atoms with Crippen molar-refractivity contribution in [2.24, 2.45) is 0 Å². The van der Waals surface area contributed by atoms with Crippen LogP contribution in [0.25, 0.3) is 0 Å². The van der Waals surface area contributed by atoms with Gasteiger partial charge in [-0.05, 0) is 58.8 Å². The molecule has 0 amide bonds. The molecule has 0 aromatic heterocycles. The average Bonchev–Trinajstić information content (AvgIpc) is 2.35. The molecule has 2 aromatic carbocycles. The molecule has 2 rings (SSSR count). The molecule has 19 heavy (non-hydrogen) atoms. The number of hydrogen-bond donors (Lipinski definition) is 1. The monoisotopic (exact) mass is 390 g/mol. The van der Waals surface area contributed by atoms with Crippen molar-refractivity contribution >= 4 is 34.2 Å². The standard InChI is InChI=1S/C15H13ClFIO/c1-15(19,11-5-7-12(18)8-6-11)9-10-3-2-4-13(16)14(10)17/h2-8,19H,9H2,1H3. The molecule has 2 aromatic rings. The van der Waals surface area contributed by atoms with E-state index in [0.29, 0.717) is 5.56 Å². The Balaban J connectivity index is 2.30. The highest BCUT2D eigenvalue weighted by atomic mass is 127. The first kappa shape index (κ1) is 14.8. The summed E-state index contributed by atoms with van der Waals surface area (Å²) in [5.74, 6) is -0.463. The predicted octanol–water partition coefficient (Wildman–Crippen LogP) is 4.53. The summed E-state index contributed by atoms with van der Waals surface area (Å²) in [6, 6.07) is 12.4.